The fourth-order valence-electron chi connectivity index (χ4n) is 2.82. The van der Waals surface area contributed by atoms with Crippen molar-refractivity contribution in [2.24, 2.45) is 10.1 Å². The molecule has 1 amide bonds. The summed E-state index contributed by atoms with van der Waals surface area (Å²) in [5.74, 6) is 0.294. The van der Waals surface area contributed by atoms with Gasteiger partial charge in [-0.05, 0) is 54.9 Å². The van der Waals surface area contributed by atoms with Gasteiger partial charge in [-0.1, -0.05) is 6.92 Å². The standard InChI is InChI=1S/C19H15N5O4S/c1-2-3-16-22-23-17(20)14(18(25)21-19(23)29-16)10-13-8-9-15(28-13)11-4-6-12(7-5-11)24(26)27/h4-10,20H,2-3H2,1H3/b14-10-,20-17?. The van der Waals surface area contributed by atoms with E-state index in [2.05, 4.69) is 10.1 Å². The quantitative estimate of drug-likeness (QED) is 0.446. The van der Waals surface area contributed by atoms with Crippen LogP contribution in [0.4, 0.5) is 5.69 Å². The second kappa shape index (κ2) is 7.47. The van der Waals surface area contributed by atoms with Crippen LogP contribution in [0.3, 0.4) is 0 Å². The lowest BCUT2D eigenvalue weighted by Gasteiger charge is -2.19. The topological polar surface area (TPSA) is 125 Å². The molecule has 2 aliphatic heterocycles. The maximum absolute atomic E-state index is 12.4. The minimum absolute atomic E-state index is 0.0101. The molecule has 0 aliphatic carbocycles. The lowest BCUT2D eigenvalue weighted by atomic mass is 10.1. The molecule has 4 rings (SSSR count). The second-order valence-corrected chi connectivity index (χ2v) is 7.31. The Balaban J connectivity index is 1.60. The molecule has 10 heteroatoms. The first-order chi connectivity index (χ1) is 14.0. The predicted octanol–water partition coefficient (Wildman–Crippen LogP) is 4.27. The summed E-state index contributed by atoms with van der Waals surface area (Å²) < 4.78 is 5.74. The number of nitrogens with one attached hydrogen (secondary N) is 1. The zero-order valence-electron chi connectivity index (χ0n) is 15.3. The lowest BCUT2D eigenvalue weighted by Crippen LogP contribution is -2.35. The molecule has 1 N–H and O–H groups in total. The van der Waals surface area contributed by atoms with Crippen molar-refractivity contribution in [2.45, 2.75) is 19.8 Å². The van der Waals surface area contributed by atoms with Crippen LogP contribution in [-0.4, -0.2) is 31.9 Å². The van der Waals surface area contributed by atoms with Gasteiger partial charge >= 0.3 is 0 Å². The maximum Gasteiger partial charge on any atom is 0.283 e. The summed E-state index contributed by atoms with van der Waals surface area (Å²) in [6, 6.07) is 9.32. The number of rotatable bonds is 5. The van der Waals surface area contributed by atoms with E-state index in [1.807, 2.05) is 6.92 Å². The number of hydrogen-bond acceptors (Lipinski definition) is 7. The number of thioether (sulfide) groups is 1. The maximum atomic E-state index is 12.4. The Kier molecular flexibility index (Phi) is 4.85. The summed E-state index contributed by atoms with van der Waals surface area (Å²) in [7, 11) is 0. The molecule has 0 saturated heterocycles. The van der Waals surface area contributed by atoms with Gasteiger partial charge in [0.1, 0.15) is 16.6 Å². The van der Waals surface area contributed by atoms with Gasteiger partial charge in [0.15, 0.2) is 5.84 Å². The van der Waals surface area contributed by atoms with E-state index >= 15 is 0 Å². The van der Waals surface area contributed by atoms with Crippen molar-refractivity contribution in [3.8, 4) is 11.3 Å². The molecule has 0 bridgehead atoms. The van der Waals surface area contributed by atoms with E-state index in [1.165, 1.54) is 35.0 Å². The molecule has 0 spiro atoms. The third-order valence-electron chi connectivity index (χ3n) is 4.24. The van der Waals surface area contributed by atoms with Gasteiger partial charge in [0.05, 0.1) is 10.5 Å². The zero-order valence-corrected chi connectivity index (χ0v) is 16.1. The molecule has 0 radical (unpaired) electrons. The predicted molar refractivity (Wildman–Crippen MR) is 111 cm³/mol. The molecule has 0 fully saturated rings. The monoisotopic (exact) mass is 409 g/mol. The molecular weight excluding hydrogens is 394 g/mol. The van der Waals surface area contributed by atoms with E-state index in [0.29, 0.717) is 22.3 Å². The van der Waals surface area contributed by atoms with E-state index in [9.17, 15) is 14.9 Å². The molecule has 0 unspecified atom stereocenters. The van der Waals surface area contributed by atoms with E-state index in [4.69, 9.17) is 9.83 Å². The molecule has 3 heterocycles. The van der Waals surface area contributed by atoms with Gasteiger partial charge in [-0.2, -0.15) is 15.1 Å². The van der Waals surface area contributed by atoms with E-state index < -0.39 is 10.8 Å². The minimum Gasteiger partial charge on any atom is -0.457 e. The number of aliphatic imine (C=N–C) groups is 1. The van der Waals surface area contributed by atoms with Crippen LogP contribution in [0.2, 0.25) is 0 Å². The van der Waals surface area contributed by atoms with Crippen molar-refractivity contribution >= 4 is 45.5 Å². The number of fused-ring (bicyclic) bond motifs is 1. The highest BCUT2D eigenvalue weighted by atomic mass is 32.2. The van der Waals surface area contributed by atoms with Gasteiger partial charge in [-0.25, -0.2) is 0 Å². The highest BCUT2D eigenvalue weighted by Crippen LogP contribution is 2.31. The van der Waals surface area contributed by atoms with Gasteiger partial charge in [0.2, 0.25) is 5.17 Å². The van der Waals surface area contributed by atoms with Crippen LogP contribution < -0.4 is 0 Å². The van der Waals surface area contributed by atoms with Crippen molar-refractivity contribution in [3.05, 3.63) is 57.8 Å². The fourth-order valence-corrected chi connectivity index (χ4v) is 3.81. The average molecular weight is 409 g/mol. The number of nitro benzene ring substituents is 1. The summed E-state index contributed by atoms with van der Waals surface area (Å²) in [6.07, 6.45) is 3.13. The number of carbonyl (C=O) groups is 1. The summed E-state index contributed by atoms with van der Waals surface area (Å²) >= 11 is 1.31. The first-order valence-electron chi connectivity index (χ1n) is 8.80. The third kappa shape index (κ3) is 3.61. The smallest absolute Gasteiger partial charge is 0.283 e. The summed E-state index contributed by atoms with van der Waals surface area (Å²) in [5.41, 5.74) is 0.736. The minimum atomic E-state index is -0.519. The molecule has 29 heavy (non-hydrogen) atoms. The molecule has 2 aliphatic rings. The van der Waals surface area contributed by atoms with Crippen LogP contribution in [0.5, 0.6) is 0 Å². The van der Waals surface area contributed by atoms with Crippen molar-refractivity contribution in [1.82, 2.24) is 5.01 Å². The molecule has 9 nitrogen and oxygen atoms in total. The molecule has 146 valence electrons. The Labute approximate surface area is 169 Å². The Morgan fingerprint density at radius 1 is 1.28 bits per heavy atom. The second-order valence-electron chi connectivity index (χ2n) is 6.27. The van der Waals surface area contributed by atoms with Crippen molar-refractivity contribution in [2.75, 3.05) is 0 Å². The average Bonchev–Trinajstić information content (AvgIpc) is 3.32. The first-order valence-corrected chi connectivity index (χ1v) is 9.61. The fraction of sp³-hybridized carbons (Fsp3) is 0.158. The SMILES string of the molecule is CCCC1=NN2C(=N)/C(=C/c3ccc(-c4ccc([N+](=O)[O-])cc4)o3)C(=O)N=C2S1. The Hall–Kier alpha value is -3.53. The number of amidine groups is 2. The number of nitro groups is 1. The van der Waals surface area contributed by atoms with Crippen LogP contribution in [-0.2, 0) is 4.79 Å². The lowest BCUT2D eigenvalue weighted by molar-refractivity contribution is -0.384. The Morgan fingerprint density at radius 3 is 2.72 bits per heavy atom. The number of benzene rings is 1. The molecule has 2 aromatic rings. The number of hydrogen-bond donors (Lipinski definition) is 1. The van der Waals surface area contributed by atoms with E-state index in [1.54, 1.807) is 24.3 Å². The van der Waals surface area contributed by atoms with Gasteiger partial charge in [-0.3, -0.25) is 20.3 Å². The van der Waals surface area contributed by atoms with Crippen LogP contribution in [0.15, 0.2) is 56.5 Å². The largest absolute Gasteiger partial charge is 0.457 e. The van der Waals surface area contributed by atoms with Crippen LogP contribution in [0, 0.1) is 15.5 Å². The highest BCUT2D eigenvalue weighted by molar-refractivity contribution is 8.26. The van der Waals surface area contributed by atoms with Gasteiger partial charge in [0, 0.05) is 17.7 Å². The van der Waals surface area contributed by atoms with Gasteiger partial charge < -0.3 is 4.42 Å². The number of carbonyl (C=O) groups excluding carboxylic acids is 1. The van der Waals surface area contributed by atoms with Crippen molar-refractivity contribution in [1.29, 1.82) is 5.41 Å². The van der Waals surface area contributed by atoms with Gasteiger partial charge in [0.25, 0.3) is 11.6 Å². The van der Waals surface area contributed by atoms with Gasteiger partial charge in [-0.15, -0.1) is 0 Å². The molecule has 0 saturated carbocycles. The Bertz CT molecular complexity index is 1110. The zero-order chi connectivity index (χ0) is 20.5. The molecule has 1 aromatic carbocycles. The number of nitrogens with zero attached hydrogens (tertiary/aromatic N) is 4. The Morgan fingerprint density at radius 2 is 2.03 bits per heavy atom. The summed E-state index contributed by atoms with van der Waals surface area (Å²) in [5, 5.41) is 26.1. The highest BCUT2D eigenvalue weighted by Gasteiger charge is 2.35. The van der Waals surface area contributed by atoms with E-state index in [0.717, 1.165) is 17.9 Å². The summed E-state index contributed by atoms with van der Waals surface area (Å²) in [4.78, 5) is 26.7. The number of non-ortho nitro benzene ring substituents is 1. The number of furan rings is 1. The van der Waals surface area contributed by atoms with Crippen LogP contribution >= 0.6 is 11.8 Å². The first kappa shape index (κ1) is 18.8. The van der Waals surface area contributed by atoms with Crippen LogP contribution in [0.1, 0.15) is 25.5 Å². The summed E-state index contributed by atoms with van der Waals surface area (Å²) in [6.45, 7) is 2.03. The number of amides is 1. The van der Waals surface area contributed by atoms with Crippen LogP contribution in [0.25, 0.3) is 17.4 Å². The normalized spacial score (nSPS) is 17.4. The van der Waals surface area contributed by atoms with Crippen molar-refractivity contribution in [3.63, 3.8) is 0 Å². The third-order valence-corrected chi connectivity index (χ3v) is 5.20. The number of hydrazone groups is 1. The molecule has 0 atom stereocenters. The van der Waals surface area contributed by atoms with Crippen molar-refractivity contribution < 1.29 is 14.1 Å². The van der Waals surface area contributed by atoms with E-state index in [-0.39, 0.29) is 17.1 Å². The molecule has 1 aromatic heterocycles. The molecular formula is C19H15N5O4S.